The lowest BCUT2D eigenvalue weighted by molar-refractivity contribution is -0.0196. The van der Waals surface area contributed by atoms with Crippen LogP contribution in [-0.2, 0) is 0 Å². The van der Waals surface area contributed by atoms with Crippen LogP contribution in [0.2, 0.25) is 0 Å². The van der Waals surface area contributed by atoms with Gasteiger partial charge in [0.2, 0.25) is 5.82 Å². The van der Waals surface area contributed by atoms with Gasteiger partial charge in [0.25, 0.3) is 5.91 Å². The molecule has 1 fully saturated rings. The lowest BCUT2D eigenvalue weighted by Gasteiger charge is -2.46. The Labute approximate surface area is 182 Å². The smallest absolute Gasteiger partial charge is 0.291 e. The fourth-order valence-corrected chi connectivity index (χ4v) is 4.60. The molecular weight excluding hydrogens is 390 g/mol. The minimum atomic E-state index is -0.262. The van der Waals surface area contributed by atoms with Gasteiger partial charge in [-0.05, 0) is 45.0 Å². The first kappa shape index (κ1) is 19.8. The first-order valence-corrected chi connectivity index (χ1v) is 10.8. The number of para-hydroxylation sites is 2. The van der Waals surface area contributed by atoms with Crippen LogP contribution in [0, 0.1) is 6.92 Å². The van der Waals surface area contributed by atoms with Crippen LogP contribution in [0.3, 0.4) is 0 Å². The lowest BCUT2D eigenvalue weighted by Crippen LogP contribution is -2.51. The molecule has 2 aliphatic heterocycles. The van der Waals surface area contributed by atoms with Gasteiger partial charge in [0, 0.05) is 25.1 Å². The first-order valence-electron chi connectivity index (χ1n) is 10.8. The lowest BCUT2D eigenvalue weighted by atomic mass is 9.80. The van der Waals surface area contributed by atoms with Crippen LogP contribution in [0.15, 0.2) is 54.6 Å². The van der Waals surface area contributed by atoms with E-state index < -0.39 is 0 Å². The van der Waals surface area contributed by atoms with E-state index in [1.807, 2.05) is 61.5 Å². The highest BCUT2D eigenvalue weighted by molar-refractivity contribution is 5.90. The molecule has 7 heteroatoms. The van der Waals surface area contributed by atoms with Crippen molar-refractivity contribution in [2.45, 2.75) is 37.8 Å². The van der Waals surface area contributed by atoms with E-state index in [0.29, 0.717) is 5.82 Å². The van der Waals surface area contributed by atoms with Gasteiger partial charge in [0.1, 0.15) is 17.2 Å². The number of ether oxygens (including phenoxy) is 1. The van der Waals surface area contributed by atoms with Crippen molar-refractivity contribution >= 4 is 5.91 Å². The quantitative estimate of drug-likeness (QED) is 0.708. The van der Waals surface area contributed by atoms with Crippen LogP contribution in [0.5, 0.6) is 5.75 Å². The molecule has 1 unspecified atom stereocenters. The van der Waals surface area contributed by atoms with Gasteiger partial charge in [-0.2, -0.15) is 0 Å². The number of fused-ring (bicyclic) bond motifs is 1. The minimum absolute atomic E-state index is 0.134. The zero-order valence-corrected chi connectivity index (χ0v) is 17.9. The zero-order valence-electron chi connectivity index (χ0n) is 17.9. The molecule has 31 heavy (non-hydrogen) atoms. The van der Waals surface area contributed by atoms with Crippen molar-refractivity contribution in [1.29, 1.82) is 0 Å². The Morgan fingerprint density at radius 3 is 2.58 bits per heavy atom. The third-order valence-electron chi connectivity index (χ3n) is 6.37. The summed E-state index contributed by atoms with van der Waals surface area (Å²) in [6.07, 6.45) is 2.65. The molecule has 1 atom stereocenters. The average molecular weight is 418 g/mol. The Morgan fingerprint density at radius 2 is 1.81 bits per heavy atom. The molecule has 3 heterocycles. The molecule has 1 N–H and O–H groups in total. The maximum absolute atomic E-state index is 13.1. The number of carbonyl (C=O) groups excluding carboxylic acids is 1. The molecule has 0 saturated carbocycles. The molecule has 2 aromatic carbocycles. The Morgan fingerprint density at radius 1 is 1.10 bits per heavy atom. The predicted octanol–water partition coefficient (Wildman–Crippen LogP) is 3.29. The fraction of sp³-hybridized carbons (Fsp3) is 0.375. The van der Waals surface area contributed by atoms with Gasteiger partial charge in [-0.25, -0.2) is 9.67 Å². The molecule has 1 spiro atoms. The number of amides is 1. The van der Waals surface area contributed by atoms with Crippen molar-refractivity contribution in [3.8, 4) is 11.4 Å². The summed E-state index contributed by atoms with van der Waals surface area (Å²) in [5.74, 6) is 1.46. The van der Waals surface area contributed by atoms with Gasteiger partial charge < -0.3 is 15.0 Å². The van der Waals surface area contributed by atoms with Crippen molar-refractivity contribution in [3.05, 3.63) is 71.8 Å². The number of carbonyl (C=O) groups is 1. The number of rotatable bonds is 3. The number of benzene rings is 2. The van der Waals surface area contributed by atoms with E-state index in [1.165, 1.54) is 0 Å². The summed E-state index contributed by atoms with van der Waals surface area (Å²) in [5.41, 5.74) is 1.65. The Hall–Kier alpha value is -3.19. The minimum Gasteiger partial charge on any atom is -0.487 e. The number of nitrogens with one attached hydrogen (secondary N) is 1. The van der Waals surface area contributed by atoms with E-state index >= 15 is 0 Å². The highest BCUT2D eigenvalue weighted by Crippen LogP contribution is 2.44. The Kier molecular flexibility index (Phi) is 4.98. The molecule has 1 saturated heterocycles. The third kappa shape index (κ3) is 3.81. The van der Waals surface area contributed by atoms with Gasteiger partial charge in [0.15, 0.2) is 0 Å². The summed E-state index contributed by atoms with van der Waals surface area (Å²) in [6.45, 7) is 3.84. The number of likely N-dealkylation sites (tertiary alicyclic amines) is 1. The van der Waals surface area contributed by atoms with Crippen LogP contribution in [0.4, 0.5) is 0 Å². The van der Waals surface area contributed by atoms with E-state index in [-0.39, 0.29) is 23.4 Å². The SMILES string of the molecule is Cc1nc(C(=O)NC2CC3(CCN(C)CC3)Oc3ccccc32)nn1-c1ccccc1. The molecule has 1 amide bonds. The zero-order chi connectivity index (χ0) is 21.4. The second-order valence-corrected chi connectivity index (χ2v) is 8.59. The standard InChI is InChI=1S/C24H27N5O2/c1-17-25-22(27-29(17)18-8-4-3-5-9-18)23(30)26-20-16-24(12-14-28(2)15-13-24)31-21-11-7-6-10-19(20)21/h3-11,20H,12-16H2,1-2H3,(H,26,30). The van der Waals surface area contributed by atoms with Crippen molar-refractivity contribution in [3.63, 3.8) is 0 Å². The number of hydrogen-bond donors (Lipinski definition) is 1. The molecule has 5 rings (SSSR count). The molecule has 7 nitrogen and oxygen atoms in total. The topological polar surface area (TPSA) is 72.3 Å². The van der Waals surface area contributed by atoms with Gasteiger partial charge in [-0.3, -0.25) is 4.79 Å². The van der Waals surface area contributed by atoms with Crippen LogP contribution in [0.1, 0.15) is 47.3 Å². The van der Waals surface area contributed by atoms with Gasteiger partial charge in [0.05, 0.1) is 11.7 Å². The first-order chi connectivity index (χ1) is 15.0. The number of piperidine rings is 1. The molecule has 0 bridgehead atoms. The van der Waals surface area contributed by atoms with Crippen molar-refractivity contribution in [1.82, 2.24) is 25.0 Å². The maximum atomic E-state index is 13.1. The summed E-state index contributed by atoms with van der Waals surface area (Å²) in [7, 11) is 2.14. The Bertz CT molecular complexity index is 1090. The van der Waals surface area contributed by atoms with Crippen molar-refractivity contribution in [2.24, 2.45) is 0 Å². The highest BCUT2D eigenvalue weighted by Gasteiger charge is 2.43. The van der Waals surface area contributed by atoms with Crippen LogP contribution >= 0.6 is 0 Å². The van der Waals surface area contributed by atoms with Gasteiger partial charge in [-0.1, -0.05) is 36.4 Å². The summed E-state index contributed by atoms with van der Waals surface area (Å²) < 4.78 is 8.19. The van der Waals surface area contributed by atoms with Crippen LogP contribution in [-0.4, -0.2) is 51.3 Å². The second-order valence-electron chi connectivity index (χ2n) is 8.59. The summed E-state index contributed by atoms with van der Waals surface area (Å²) in [4.78, 5) is 19.9. The van der Waals surface area contributed by atoms with Crippen molar-refractivity contribution in [2.75, 3.05) is 20.1 Å². The van der Waals surface area contributed by atoms with Gasteiger partial charge in [-0.15, -0.1) is 5.10 Å². The summed E-state index contributed by atoms with van der Waals surface area (Å²) >= 11 is 0. The average Bonchev–Trinajstić information content (AvgIpc) is 3.18. The predicted molar refractivity (Wildman–Crippen MR) is 117 cm³/mol. The molecule has 160 valence electrons. The van der Waals surface area contributed by atoms with Crippen molar-refractivity contribution < 1.29 is 9.53 Å². The summed E-state index contributed by atoms with van der Waals surface area (Å²) in [6, 6.07) is 17.6. The number of hydrogen-bond acceptors (Lipinski definition) is 5. The number of aromatic nitrogens is 3. The van der Waals surface area contributed by atoms with E-state index in [0.717, 1.165) is 49.4 Å². The third-order valence-corrected chi connectivity index (χ3v) is 6.37. The van der Waals surface area contributed by atoms with Crippen LogP contribution < -0.4 is 10.1 Å². The molecule has 0 aliphatic carbocycles. The number of nitrogens with zero attached hydrogens (tertiary/aromatic N) is 4. The second kappa shape index (κ2) is 7.81. The highest BCUT2D eigenvalue weighted by atomic mass is 16.5. The van der Waals surface area contributed by atoms with E-state index in [4.69, 9.17) is 4.74 Å². The monoisotopic (exact) mass is 417 g/mol. The van der Waals surface area contributed by atoms with Gasteiger partial charge >= 0.3 is 0 Å². The van der Waals surface area contributed by atoms with Crippen LogP contribution in [0.25, 0.3) is 5.69 Å². The fourth-order valence-electron chi connectivity index (χ4n) is 4.60. The molecule has 2 aliphatic rings. The molecule has 0 radical (unpaired) electrons. The molecular formula is C24H27N5O2. The maximum Gasteiger partial charge on any atom is 0.291 e. The normalized spacial score (nSPS) is 20.1. The number of aryl methyl sites for hydroxylation is 1. The van der Waals surface area contributed by atoms with E-state index in [9.17, 15) is 4.79 Å². The molecule has 1 aromatic heterocycles. The van der Waals surface area contributed by atoms with E-state index in [1.54, 1.807) is 4.68 Å². The molecule has 3 aromatic rings. The summed E-state index contributed by atoms with van der Waals surface area (Å²) in [5, 5.41) is 7.67. The van der Waals surface area contributed by atoms with E-state index in [2.05, 4.69) is 27.3 Å². The largest absolute Gasteiger partial charge is 0.487 e. The Balaban J connectivity index is 1.40.